The smallest absolute Gasteiger partial charge is 0.317 e. The Bertz CT molecular complexity index is 1980. The topological polar surface area (TPSA) is 393 Å². The summed E-state index contributed by atoms with van der Waals surface area (Å²) in [5, 5.41) is 98.1. The minimum atomic E-state index is -1.48. The Morgan fingerprint density at radius 2 is 0.789 bits per heavy atom. The lowest BCUT2D eigenvalue weighted by Crippen LogP contribution is -2.52. The average Bonchev–Trinajstić information content (AvgIpc) is 3.23. The quantitative estimate of drug-likeness (QED) is 0.0332. The number of rotatable bonds is 38. The molecule has 0 aliphatic carbocycles. The standard InChI is InChI=1S/C23H33N3O11.C22H32N3O9/c1-2-37-18-5-3-16(4-6-18)9-17(26(14-22(33)34)15-23(35)36)10-24(11-19(27)28)7-8-25(12-20(29)30)13-21(31)32;1-16-2-4-17(5-3-16)10-18(25(8-9-26)15-22(33)34)11-23(12-19(27)28)6-7-24(13-20(29)30)14-21(31)32/h3-6,17H,2,7-15H2,1H3,(H,27,28)(H,29,30)(H,31,32)(H,33,34)(H,35,36);2-5,18H,6-15H2,1H3,(H,27,28)(H,29,30)(H,31,32)(H,33,34)/q;-1/p-2/t17-;18-/m00/s1. The van der Waals surface area contributed by atoms with Crippen LogP contribution in [-0.2, 0) is 56.0 Å². The van der Waals surface area contributed by atoms with Crippen LogP contribution in [0.15, 0.2) is 48.5 Å². The highest BCUT2D eigenvalue weighted by Crippen LogP contribution is 2.17. The van der Waals surface area contributed by atoms with Crippen molar-refractivity contribution < 1.29 is 99.0 Å². The first kappa shape index (κ1) is 62.2. The highest BCUT2D eigenvalue weighted by Gasteiger charge is 2.28. The van der Waals surface area contributed by atoms with E-state index in [4.69, 9.17) is 20.1 Å². The molecule has 0 amide bonds. The van der Waals surface area contributed by atoms with Gasteiger partial charge in [0.15, 0.2) is 0 Å². The highest BCUT2D eigenvalue weighted by atomic mass is 16.5. The zero-order valence-corrected chi connectivity index (χ0v) is 39.5. The number of hydrogen-bond donors (Lipinski definition) is 7. The van der Waals surface area contributed by atoms with Crippen molar-refractivity contribution in [1.82, 2.24) is 29.4 Å². The molecule has 0 saturated heterocycles. The number of carboxylic acid groups (broad SMARTS) is 9. The van der Waals surface area contributed by atoms with E-state index in [0.29, 0.717) is 18.8 Å². The van der Waals surface area contributed by atoms with Crippen LogP contribution in [0.5, 0.6) is 5.75 Å². The highest BCUT2D eigenvalue weighted by molar-refractivity contribution is 5.74. The van der Waals surface area contributed by atoms with E-state index in [2.05, 4.69) is 0 Å². The van der Waals surface area contributed by atoms with E-state index in [9.17, 15) is 78.9 Å². The fourth-order valence-electron chi connectivity index (χ4n) is 7.31. The van der Waals surface area contributed by atoms with Crippen LogP contribution < -0.4 is 20.1 Å². The summed E-state index contributed by atoms with van der Waals surface area (Å²) in [6.07, 6.45) is 0.506. The molecule has 2 aromatic rings. The SMILES string of the molecule is CCOc1ccc(C[C@@H](CN(CCN(CC(=O)O)CC(=O)O)CC(=O)O)N(CC(=O)O)CC(=O)O)cc1.Cc1ccc(C[C@@H](CN(CCN(CC(=O)[O-])CC(=O)O)CC(=O)[O-])N(CC[O-])CC(=O)O)cc1. The molecular weight excluding hydrogens is 945 g/mol. The summed E-state index contributed by atoms with van der Waals surface area (Å²) in [5.74, 6) is -10.9. The largest absolute Gasteiger partial charge is 0.854 e. The lowest BCUT2D eigenvalue weighted by Gasteiger charge is -2.36. The van der Waals surface area contributed by atoms with Gasteiger partial charge in [-0.15, -0.1) is 6.61 Å². The molecule has 26 heteroatoms. The zero-order chi connectivity index (χ0) is 53.6. The maximum absolute atomic E-state index is 11.5. The molecule has 26 nitrogen and oxygen atoms in total. The van der Waals surface area contributed by atoms with E-state index >= 15 is 0 Å². The fourth-order valence-corrected chi connectivity index (χ4v) is 7.31. The Balaban J connectivity index is 0.000000713. The van der Waals surface area contributed by atoms with Crippen molar-refractivity contribution in [1.29, 1.82) is 0 Å². The van der Waals surface area contributed by atoms with Gasteiger partial charge in [0, 0.05) is 64.4 Å². The summed E-state index contributed by atoms with van der Waals surface area (Å²) >= 11 is 0. The monoisotopic (exact) mass is 1010 g/mol. The van der Waals surface area contributed by atoms with Gasteiger partial charge < -0.3 is 65.4 Å². The molecule has 71 heavy (non-hydrogen) atoms. The molecule has 2 rings (SSSR count). The maximum atomic E-state index is 11.5. The van der Waals surface area contributed by atoms with Crippen LogP contribution in [0.3, 0.4) is 0 Å². The summed E-state index contributed by atoms with van der Waals surface area (Å²) in [6.45, 7) is -1.86. The third kappa shape index (κ3) is 29.7. The van der Waals surface area contributed by atoms with Gasteiger partial charge in [0.05, 0.1) is 64.4 Å². The molecule has 0 heterocycles. The van der Waals surface area contributed by atoms with Crippen LogP contribution >= 0.6 is 0 Å². The lowest BCUT2D eigenvalue weighted by molar-refractivity contribution is -0.369. The molecule has 7 N–H and O–H groups in total. The van der Waals surface area contributed by atoms with Gasteiger partial charge in [0.1, 0.15) is 5.75 Å². The van der Waals surface area contributed by atoms with E-state index in [-0.39, 0.29) is 52.2 Å². The molecule has 0 aliphatic heterocycles. The molecule has 0 spiro atoms. The van der Waals surface area contributed by atoms with Crippen LogP contribution in [0.25, 0.3) is 0 Å². The first-order chi connectivity index (χ1) is 33.4. The number of ether oxygens (including phenoxy) is 1. The van der Waals surface area contributed by atoms with Crippen LogP contribution in [-0.4, -0.2) is 249 Å². The van der Waals surface area contributed by atoms with Gasteiger partial charge in [-0.3, -0.25) is 63.0 Å². The van der Waals surface area contributed by atoms with Gasteiger partial charge in [-0.2, -0.15) is 0 Å². The molecule has 0 bridgehead atoms. The van der Waals surface area contributed by atoms with Crippen molar-refractivity contribution in [2.75, 3.05) is 118 Å². The zero-order valence-electron chi connectivity index (χ0n) is 39.5. The minimum Gasteiger partial charge on any atom is -0.854 e. The van der Waals surface area contributed by atoms with E-state index in [1.165, 1.54) is 19.6 Å². The van der Waals surface area contributed by atoms with Gasteiger partial charge in [0.25, 0.3) is 0 Å². The van der Waals surface area contributed by atoms with Crippen molar-refractivity contribution in [2.24, 2.45) is 0 Å². The second kappa shape index (κ2) is 33.7. The second-order valence-corrected chi connectivity index (χ2v) is 16.2. The lowest BCUT2D eigenvalue weighted by atomic mass is 10.0. The van der Waals surface area contributed by atoms with E-state index in [1.807, 2.05) is 38.1 Å². The number of aliphatic carboxylic acids is 9. The number of carbonyl (C=O) groups excluding carboxylic acids is 2. The summed E-state index contributed by atoms with van der Waals surface area (Å²) in [6, 6.07) is 13.1. The summed E-state index contributed by atoms with van der Waals surface area (Å²) in [5.41, 5.74) is 2.60. The normalized spacial score (nSPS) is 12.1. The van der Waals surface area contributed by atoms with E-state index in [0.717, 1.165) is 26.5 Å². The molecule has 0 radical (unpaired) electrons. The minimum absolute atomic E-state index is 0.0291. The Kier molecular flexibility index (Phi) is 29.5. The van der Waals surface area contributed by atoms with E-state index < -0.39 is 131 Å². The van der Waals surface area contributed by atoms with Crippen molar-refractivity contribution in [3.8, 4) is 5.75 Å². The first-order valence-electron chi connectivity index (χ1n) is 22.0. The number of carboxylic acids is 9. The molecular formula is C45H63N6O20-3. The number of carbonyl (C=O) groups is 9. The van der Waals surface area contributed by atoms with Gasteiger partial charge in [-0.05, 0) is 56.5 Å². The average molecular weight is 1010 g/mol. The fraction of sp³-hybridized carbons (Fsp3) is 0.533. The predicted molar refractivity (Wildman–Crippen MR) is 241 cm³/mol. The molecule has 2 atom stereocenters. The number of hydrogen-bond acceptors (Lipinski definition) is 19. The molecule has 0 aliphatic rings. The first-order valence-corrected chi connectivity index (χ1v) is 22.0. The van der Waals surface area contributed by atoms with Crippen LogP contribution in [0.1, 0.15) is 23.6 Å². The predicted octanol–water partition coefficient (Wildman–Crippen LogP) is -4.83. The number of aryl methyl sites for hydroxylation is 1. The second-order valence-electron chi connectivity index (χ2n) is 16.2. The molecule has 2 aromatic carbocycles. The molecule has 0 unspecified atom stereocenters. The summed E-state index contributed by atoms with van der Waals surface area (Å²) in [7, 11) is 0. The van der Waals surface area contributed by atoms with Gasteiger partial charge >= 0.3 is 41.8 Å². The summed E-state index contributed by atoms with van der Waals surface area (Å²) in [4.78, 5) is 109. The third-order valence-corrected chi connectivity index (χ3v) is 10.3. The Hall–Kier alpha value is -6.81. The van der Waals surface area contributed by atoms with E-state index in [1.54, 1.807) is 24.3 Å². The van der Waals surface area contributed by atoms with Crippen LogP contribution in [0.2, 0.25) is 0 Å². The number of benzene rings is 2. The summed E-state index contributed by atoms with van der Waals surface area (Å²) < 4.78 is 5.41. The Morgan fingerprint density at radius 3 is 1.17 bits per heavy atom. The number of nitrogens with zero attached hydrogens (tertiary/aromatic N) is 6. The van der Waals surface area contributed by atoms with Crippen LogP contribution in [0.4, 0.5) is 0 Å². The maximum Gasteiger partial charge on any atom is 0.317 e. The van der Waals surface area contributed by atoms with Gasteiger partial charge in [-0.1, -0.05) is 42.0 Å². The Labute approximate surface area is 409 Å². The van der Waals surface area contributed by atoms with Crippen molar-refractivity contribution in [3.05, 3.63) is 65.2 Å². The molecule has 0 saturated carbocycles. The third-order valence-electron chi connectivity index (χ3n) is 10.3. The molecule has 396 valence electrons. The van der Waals surface area contributed by atoms with Crippen molar-refractivity contribution in [2.45, 2.75) is 38.8 Å². The van der Waals surface area contributed by atoms with Gasteiger partial charge in [0.2, 0.25) is 0 Å². The van der Waals surface area contributed by atoms with Crippen molar-refractivity contribution >= 4 is 53.7 Å². The Morgan fingerprint density at radius 1 is 0.465 bits per heavy atom. The molecule has 0 aromatic heterocycles. The van der Waals surface area contributed by atoms with Crippen LogP contribution in [0, 0.1) is 6.92 Å². The van der Waals surface area contributed by atoms with Gasteiger partial charge in [-0.25, -0.2) is 0 Å². The van der Waals surface area contributed by atoms with Crippen molar-refractivity contribution in [3.63, 3.8) is 0 Å². The molecule has 0 fully saturated rings.